The second-order valence-electron chi connectivity index (χ2n) is 11.9. The first-order chi connectivity index (χ1) is 24.3. The fourth-order valence-electron chi connectivity index (χ4n) is 6.28. The molecule has 263 valence electrons. The summed E-state index contributed by atoms with van der Waals surface area (Å²) in [6.07, 6.45) is 0. The van der Waals surface area contributed by atoms with Crippen molar-refractivity contribution in [1.29, 1.82) is 0 Å². The van der Waals surface area contributed by atoms with E-state index in [0.29, 0.717) is 31.8 Å². The quantitative estimate of drug-likeness (QED) is 0.136. The summed E-state index contributed by atoms with van der Waals surface area (Å²) < 4.78 is 51.2. The fourth-order valence-corrected chi connectivity index (χ4v) is 24.6. The molecule has 6 aromatic carbocycles. The van der Waals surface area contributed by atoms with Crippen molar-refractivity contribution in [3.8, 4) is 0 Å². The average molecular weight is 878 g/mol. The van der Waals surface area contributed by atoms with E-state index in [-0.39, 0.29) is 24.8 Å². The van der Waals surface area contributed by atoms with Gasteiger partial charge in [0, 0.05) is 31.8 Å². The first kappa shape index (κ1) is 42.0. The Balaban J connectivity index is 0.000000604. The molecule has 7 rings (SSSR count). The van der Waals surface area contributed by atoms with Gasteiger partial charge in [-0.1, -0.05) is 182 Å². The van der Waals surface area contributed by atoms with Gasteiger partial charge < -0.3 is 13.7 Å². The number of halogens is 2. The number of hydrogen-bond donors (Lipinski definition) is 0. The van der Waals surface area contributed by atoms with Gasteiger partial charge in [0.2, 0.25) is 0 Å². The van der Waals surface area contributed by atoms with Crippen LogP contribution in [0.15, 0.2) is 194 Å². The van der Waals surface area contributed by atoms with Gasteiger partial charge in [0.05, 0.1) is 0 Å². The minimum absolute atomic E-state index is 0. The van der Waals surface area contributed by atoms with E-state index in [2.05, 4.69) is 18.8 Å². The summed E-state index contributed by atoms with van der Waals surface area (Å²) in [6, 6.07) is 57.4. The zero-order valence-corrected chi connectivity index (χ0v) is 36.2. The molecule has 0 bridgehead atoms. The van der Waals surface area contributed by atoms with Gasteiger partial charge in [-0.3, -0.25) is 0 Å². The molecule has 10 heteroatoms. The van der Waals surface area contributed by atoms with Crippen LogP contribution in [0.5, 0.6) is 0 Å². The third-order valence-electron chi connectivity index (χ3n) is 8.77. The number of hydrogen-bond acceptors (Lipinski definition) is 3. The van der Waals surface area contributed by atoms with Crippen LogP contribution >= 0.6 is 54.4 Å². The molecule has 1 aromatic heterocycles. The molecule has 1 heterocycles. The molecule has 0 saturated heterocycles. The van der Waals surface area contributed by atoms with E-state index < -0.39 is 26.6 Å². The molecule has 7 aromatic rings. The molecule has 0 N–H and O–H groups in total. The van der Waals surface area contributed by atoms with Gasteiger partial charge in [-0.05, 0) is 0 Å². The SMILES string of the molecule is Cc1[pH]cc[c]1[Zr].Cl.Cl.O=P(c1ccccc1)(c1ccccc1)C(P(=O)(c1ccccc1)c1ccccc1)P(=O)(c1ccccc1)c1ccccc1. The normalized spacial score (nSPS) is 11.5. The maximum atomic E-state index is 16.6. The van der Waals surface area contributed by atoms with Crippen LogP contribution in [0.3, 0.4) is 0 Å². The molecule has 0 aliphatic carbocycles. The van der Waals surface area contributed by atoms with Gasteiger partial charge in [-0.2, -0.15) is 0 Å². The molecule has 1 atom stereocenters. The topological polar surface area (TPSA) is 51.2 Å². The number of benzene rings is 6. The van der Waals surface area contributed by atoms with E-state index in [4.69, 9.17) is 0 Å². The van der Waals surface area contributed by atoms with Gasteiger partial charge in [-0.15, -0.1) is 24.8 Å². The van der Waals surface area contributed by atoms with Gasteiger partial charge >= 0.3 is 60.3 Å². The van der Waals surface area contributed by atoms with Crippen molar-refractivity contribution in [2.24, 2.45) is 0 Å². The first-order valence-electron chi connectivity index (χ1n) is 16.3. The third-order valence-corrected chi connectivity index (χ3v) is 25.9. The first-order valence-corrected chi connectivity index (χ1v) is 23.9. The van der Waals surface area contributed by atoms with Crippen LogP contribution in [0.4, 0.5) is 0 Å². The summed E-state index contributed by atoms with van der Waals surface area (Å²) >= 11 is 1.56. The van der Waals surface area contributed by atoms with Crippen molar-refractivity contribution in [2.75, 3.05) is 0 Å². The van der Waals surface area contributed by atoms with Crippen molar-refractivity contribution in [1.82, 2.24) is 0 Å². The molecular weight excluding hydrogens is 838 g/mol. The Labute approximate surface area is 336 Å². The molecule has 0 radical (unpaired) electrons. The zero-order chi connectivity index (χ0) is 35.0. The smallest absolute Gasteiger partial charge is 0.161 e. The van der Waals surface area contributed by atoms with E-state index in [1.807, 2.05) is 182 Å². The molecule has 0 saturated carbocycles. The molecule has 3 nitrogen and oxygen atoms in total. The standard InChI is InChI=1S/C37H31O3P3.C5H6P.2ClH.Zr/c38-41(31-19-7-1-8-20-31,32-21-9-2-10-22-32)37(42(39,33-23-11-3-12-24-33)34-25-13-4-14-26-34)43(40,35-27-15-5-16-28-35)36-29-17-6-18-30-36;1-5-3-2-4-6-5;;;/h1-30,37H;2,4,6H,1H3;2*1H;. The minimum Gasteiger partial charge on any atom is -0.312 e. The Morgan fingerprint density at radius 3 is 0.750 bits per heavy atom. The van der Waals surface area contributed by atoms with E-state index in [0.717, 1.165) is 8.19 Å². The molecule has 1 unspecified atom stereocenters. The average Bonchev–Trinajstić information content (AvgIpc) is 3.58. The Morgan fingerprint density at radius 1 is 0.404 bits per heavy atom. The second-order valence-corrected chi connectivity index (χ2v) is 24.4. The van der Waals surface area contributed by atoms with Crippen LogP contribution in [-0.2, 0) is 38.4 Å². The largest absolute Gasteiger partial charge is 0.312 e. The summed E-state index contributed by atoms with van der Waals surface area (Å²) in [4.78, 5) is 0. The molecule has 0 aliphatic rings. The van der Waals surface area contributed by atoms with Crippen LogP contribution in [0.2, 0.25) is 0 Å². The van der Waals surface area contributed by atoms with Gasteiger partial charge in [0.1, 0.15) is 5.14 Å². The molecule has 52 heavy (non-hydrogen) atoms. The van der Waals surface area contributed by atoms with Crippen LogP contribution < -0.4 is 35.1 Å². The van der Waals surface area contributed by atoms with E-state index >= 15 is 13.7 Å². The van der Waals surface area contributed by atoms with Crippen LogP contribution in [0.25, 0.3) is 0 Å². The number of aryl methyl sites for hydroxylation is 1. The van der Waals surface area contributed by atoms with Crippen LogP contribution in [0.1, 0.15) is 5.30 Å². The predicted molar refractivity (Wildman–Crippen MR) is 228 cm³/mol. The summed E-state index contributed by atoms with van der Waals surface area (Å²) in [5.41, 5.74) is 0. The minimum atomic E-state index is -3.97. The van der Waals surface area contributed by atoms with Crippen molar-refractivity contribution < 1.29 is 38.4 Å². The predicted octanol–water partition coefficient (Wildman–Crippen LogP) is 9.35. The van der Waals surface area contributed by atoms with Crippen LogP contribution in [-0.4, -0.2) is 5.14 Å². The Hall–Kier alpha value is -2.75. The summed E-state index contributed by atoms with van der Waals surface area (Å²) in [6.45, 7) is 2.21. The van der Waals surface area contributed by atoms with Gasteiger partial charge in [0.15, 0.2) is 21.4 Å². The summed E-state index contributed by atoms with van der Waals surface area (Å²) in [5.74, 6) is 2.25. The third kappa shape index (κ3) is 8.47. The van der Waals surface area contributed by atoms with Gasteiger partial charge in [-0.25, -0.2) is 0 Å². The number of rotatable bonds is 9. The van der Waals surface area contributed by atoms with Crippen molar-refractivity contribution in [3.05, 3.63) is 199 Å². The molecule has 0 fully saturated rings. The van der Waals surface area contributed by atoms with Crippen molar-refractivity contribution >= 4 is 89.5 Å². The van der Waals surface area contributed by atoms with E-state index in [1.54, 1.807) is 33.3 Å². The Morgan fingerprint density at radius 2 is 0.615 bits per heavy atom. The Bertz CT molecular complexity index is 1900. The molecular formula is C42H39Cl2O3P4Zr. The maximum Gasteiger partial charge on any atom is 0.161 e. The van der Waals surface area contributed by atoms with Gasteiger partial charge in [0.25, 0.3) is 0 Å². The van der Waals surface area contributed by atoms with Crippen molar-refractivity contribution in [2.45, 2.75) is 12.1 Å². The molecule has 0 spiro atoms. The van der Waals surface area contributed by atoms with E-state index in [9.17, 15) is 0 Å². The van der Waals surface area contributed by atoms with E-state index in [1.165, 1.54) is 0 Å². The monoisotopic (exact) mass is 875 g/mol. The van der Waals surface area contributed by atoms with Crippen LogP contribution in [0, 0.1) is 6.92 Å². The fraction of sp³-hybridized carbons (Fsp3) is 0.0476. The summed E-state index contributed by atoms with van der Waals surface area (Å²) in [7, 11) is -10.9. The van der Waals surface area contributed by atoms with Crippen molar-refractivity contribution in [3.63, 3.8) is 0 Å². The summed E-state index contributed by atoms with van der Waals surface area (Å²) in [5, 5.41) is 3.38. The maximum absolute atomic E-state index is 16.6. The zero-order valence-electron chi connectivity index (χ0n) is 28.4. The Kier molecular flexibility index (Phi) is 15.4. The molecule has 0 aliphatic heterocycles. The second kappa shape index (κ2) is 19.0. The molecule has 0 amide bonds.